The lowest BCUT2D eigenvalue weighted by Gasteiger charge is -2.08. The Morgan fingerprint density at radius 3 is 2.30 bits per heavy atom. The highest BCUT2D eigenvalue weighted by molar-refractivity contribution is 6.34. The van der Waals surface area contributed by atoms with Crippen LogP contribution in [0.5, 0.6) is 11.5 Å². The van der Waals surface area contributed by atoms with Crippen LogP contribution in [0.15, 0.2) is 42.5 Å². The molecule has 0 heterocycles. The lowest BCUT2D eigenvalue weighted by Crippen LogP contribution is -2.11. The normalized spacial score (nSPS) is 10.1. The molecule has 0 atom stereocenters. The van der Waals surface area contributed by atoms with Gasteiger partial charge in [0.05, 0.1) is 9.95 Å². The molecule has 0 spiro atoms. The summed E-state index contributed by atoms with van der Waals surface area (Å²) in [5.74, 6) is 0.771. The summed E-state index contributed by atoms with van der Waals surface area (Å²) < 4.78 is 5.51. The van der Waals surface area contributed by atoms with Crippen molar-refractivity contribution in [3.05, 3.63) is 63.2 Å². The first-order valence-electron chi connectivity index (χ1n) is 5.53. The Bertz CT molecular complexity index is 671. The van der Waals surface area contributed by atoms with Crippen molar-refractivity contribution in [1.29, 1.82) is 5.41 Å². The van der Waals surface area contributed by atoms with Crippen molar-refractivity contribution in [3.63, 3.8) is 0 Å². The molecule has 3 N–H and O–H groups in total. The Morgan fingerprint density at radius 1 is 1.20 bits per heavy atom. The summed E-state index contributed by atoms with van der Waals surface area (Å²) in [6.07, 6.45) is 0. The van der Waals surface area contributed by atoms with Crippen LogP contribution in [0.25, 0.3) is 0 Å². The molecule has 0 aliphatic carbocycles. The zero-order valence-electron chi connectivity index (χ0n) is 10.2. The van der Waals surface area contributed by atoms with Gasteiger partial charge in [0.15, 0.2) is 0 Å². The standard InChI is InChI=1S/C13H10ClN3O3/c14-12-7-10(5-6-11(12)13(15)16)20-9-3-1-8(2-4-9)17(18)19/h1-7H,(H3,15,16). The second kappa shape index (κ2) is 5.58. The summed E-state index contributed by atoms with van der Waals surface area (Å²) in [5, 5.41) is 18.2. The maximum Gasteiger partial charge on any atom is 0.269 e. The van der Waals surface area contributed by atoms with E-state index in [1.54, 1.807) is 12.1 Å². The van der Waals surface area contributed by atoms with Crippen molar-refractivity contribution < 1.29 is 9.66 Å². The number of nitro groups is 1. The van der Waals surface area contributed by atoms with Crippen molar-refractivity contribution in [1.82, 2.24) is 0 Å². The van der Waals surface area contributed by atoms with E-state index in [9.17, 15) is 10.1 Å². The van der Waals surface area contributed by atoms with E-state index < -0.39 is 4.92 Å². The second-order valence-electron chi connectivity index (χ2n) is 3.91. The number of halogens is 1. The molecule has 0 aliphatic rings. The molecule has 2 aromatic rings. The molecule has 0 aromatic heterocycles. The summed E-state index contributed by atoms with van der Waals surface area (Å²) >= 11 is 5.97. The molecule has 0 fully saturated rings. The zero-order valence-corrected chi connectivity index (χ0v) is 10.9. The molecular weight excluding hydrogens is 282 g/mol. The number of nitrogens with zero attached hydrogens (tertiary/aromatic N) is 1. The highest BCUT2D eigenvalue weighted by atomic mass is 35.5. The third-order valence-electron chi connectivity index (χ3n) is 2.51. The molecule has 0 unspecified atom stereocenters. The fourth-order valence-electron chi connectivity index (χ4n) is 1.55. The molecule has 0 aliphatic heterocycles. The first kappa shape index (κ1) is 13.8. The first-order valence-corrected chi connectivity index (χ1v) is 5.91. The number of ether oxygens (including phenoxy) is 1. The number of nitrogens with one attached hydrogen (secondary N) is 1. The minimum absolute atomic E-state index is 0.0117. The monoisotopic (exact) mass is 291 g/mol. The highest BCUT2D eigenvalue weighted by Crippen LogP contribution is 2.27. The topological polar surface area (TPSA) is 102 Å². The fraction of sp³-hybridized carbons (Fsp3) is 0. The lowest BCUT2D eigenvalue weighted by atomic mass is 10.2. The van der Waals surface area contributed by atoms with Crippen LogP contribution in [0.2, 0.25) is 5.02 Å². The zero-order chi connectivity index (χ0) is 14.7. The summed E-state index contributed by atoms with van der Waals surface area (Å²) in [5.41, 5.74) is 5.76. The highest BCUT2D eigenvalue weighted by Gasteiger charge is 2.08. The van der Waals surface area contributed by atoms with Gasteiger partial charge in [-0.3, -0.25) is 15.5 Å². The summed E-state index contributed by atoms with van der Waals surface area (Å²) in [6, 6.07) is 10.4. The third kappa shape index (κ3) is 3.04. The van der Waals surface area contributed by atoms with Crippen molar-refractivity contribution in [3.8, 4) is 11.5 Å². The molecule has 0 saturated carbocycles. The van der Waals surface area contributed by atoms with E-state index in [0.717, 1.165) is 0 Å². The van der Waals surface area contributed by atoms with E-state index in [1.165, 1.54) is 30.3 Å². The van der Waals surface area contributed by atoms with Crippen molar-refractivity contribution >= 4 is 23.1 Å². The number of nitrogen functional groups attached to an aromatic ring is 1. The maximum atomic E-state index is 10.5. The second-order valence-corrected chi connectivity index (χ2v) is 4.32. The van der Waals surface area contributed by atoms with Crippen LogP contribution >= 0.6 is 11.6 Å². The molecule has 6 nitrogen and oxygen atoms in total. The Labute approximate surface area is 119 Å². The van der Waals surface area contributed by atoms with Crippen LogP contribution in [0, 0.1) is 15.5 Å². The molecule has 0 amide bonds. The van der Waals surface area contributed by atoms with E-state index in [0.29, 0.717) is 22.1 Å². The summed E-state index contributed by atoms with van der Waals surface area (Å²) in [4.78, 5) is 10.0. The minimum Gasteiger partial charge on any atom is -0.457 e. The first-order chi connectivity index (χ1) is 9.47. The van der Waals surface area contributed by atoms with Crippen LogP contribution in [-0.2, 0) is 0 Å². The number of non-ortho nitro benzene ring substituents is 1. The van der Waals surface area contributed by atoms with Gasteiger partial charge in [0.25, 0.3) is 5.69 Å². The molecule has 2 aromatic carbocycles. The Kier molecular flexibility index (Phi) is 3.86. The van der Waals surface area contributed by atoms with Gasteiger partial charge in [-0.25, -0.2) is 0 Å². The van der Waals surface area contributed by atoms with Gasteiger partial charge in [-0.05, 0) is 24.3 Å². The van der Waals surface area contributed by atoms with Gasteiger partial charge in [0.1, 0.15) is 17.3 Å². The van der Waals surface area contributed by atoms with Crippen molar-refractivity contribution in [2.24, 2.45) is 5.73 Å². The molecule has 0 bridgehead atoms. The number of rotatable bonds is 4. The smallest absolute Gasteiger partial charge is 0.269 e. The average Bonchev–Trinajstić information content (AvgIpc) is 2.39. The number of amidine groups is 1. The third-order valence-corrected chi connectivity index (χ3v) is 2.83. The predicted octanol–water partition coefficient (Wildman–Crippen LogP) is 3.32. The van der Waals surface area contributed by atoms with Gasteiger partial charge in [-0.1, -0.05) is 11.6 Å². The van der Waals surface area contributed by atoms with E-state index >= 15 is 0 Å². The Balaban J connectivity index is 2.19. The SMILES string of the molecule is N=C(N)c1ccc(Oc2ccc([N+](=O)[O-])cc2)cc1Cl. The number of hydrogen-bond acceptors (Lipinski definition) is 4. The Hall–Kier alpha value is -2.60. The van der Waals surface area contributed by atoms with Crippen LogP contribution < -0.4 is 10.5 Å². The largest absolute Gasteiger partial charge is 0.457 e. The van der Waals surface area contributed by atoms with Gasteiger partial charge in [-0.15, -0.1) is 0 Å². The van der Waals surface area contributed by atoms with Crippen molar-refractivity contribution in [2.75, 3.05) is 0 Å². The van der Waals surface area contributed by atoms with E-state index in [4.69, 9.17) is 27.5 Å². The van der Waals surface area contributed by atoms with Gasteiger partial charge in [-0.2, -0.15) is 0 Å². The average molecular weight is 292 g/mol. The maximum absolute atomic E-state index is 10.5. The van der Waals surface area contributed by atoms with Gasteiger partial charge < -0.3 is 10.5 Å². The molecule has 102 valence electrons. The van der Waals surface area contributed by atoms with Gasteiger partial charge >= 0.3 is 0 Å². The fourth-order valence-corrected chi connectivity index (χ4v) is 1.82. The van der Waals surface area contributed by atoms with Crippen LogP contribution in [0.4, 0.5) is 5.69 Å². The van der Waals surface area contributed by atoms with E-state index in [1.807, 2.05) is 0 Å². The van der Waals surface area contributed by atoms with E-state index in [-0.39, 0.29) is 11.5 Å². The number of nitrogens with two attached hydrogens (primary N) is 1. The van der Waals surface area contributed by atoms with E-state index in [2.05, 4.69) is 0 Å². The van der Waals surface area contributed by atoms with Crippen LogP contribution in [0.3, 0.4) is 0 Å². The minimum atomic E-state index is -0.484. The Morgan fingerprint density at radius 2 is 1.80 bits per heavy atom. The molecule has 7 heteroatoms. The molecule has 0 radical (unpaired) electrons. The molecule has 0 saturated heterocycles. The quantitative estimate of drug-likeness (QED) is 0.390. The van der Waals surface area contributed by atoms with Crippen LogP contribution in [0.1, 0.15) is 5.56 Å². The summed E-state index contributed by atoms with van der Waals surface area (Å²) in [7, 11) is 0. The number of nitro benzene ring substituents is 1. The van der Waals surface area contributed by atoms with Gasteiger partial charge in [0, 0.05) is 23.8 Å². The number of hydrogen-bond donors (Lipinski definition) is 2. The van der Waals surface area contributed by atoms with Crippen molar-refractivity contribution in [2.45, 2.75) is 0 Å². The molecular formula is C13H10ClN3O3. The summed E-state index contributed by atoms with van der Waals surface area (Å²) in [6.45, 7) is 0. The van der Waals surface area contributed by atoms with Crippen LogP contribution in [-0.4, -0.2) is 10.8 Å². The number of benzene rings is 2. The predicted molar refractivity (Wildman–Crippen MR) is 75.6 cm³/mol. The molecule has 20 heavy (non-hydrogen) atoms. The molecule has 2 rings (SSSR count). The van der Waals surface area contributed by atoms with Gasteiger partial charge in [0.2, 0.25) is 0 Å². The lowest BCUT2D eigenvalue weighted by molar-refractivity contribution is -0.384.